The molecule has 1 saturated heterocycles. The van der Waals surface area contributed by atoms with Gasteiger partial charge in [-0.2, -0.15) is 0 Å². The normalized spacial score (nSPS) is 16.6. The summed E-state index contributed by atoms with van der Waals surface area (Å²) >= 11 is 0. The predicted octanol–water partition coefficient (Wildman–Crippen LogP) is 4.33. The molecule has 1 heterocycles. The Morgan fingerprint density at radius 1 is 1.00 bits per heavy atom. The van der Waals surface area contributed by atoms with E-state index in [1.807, 2.05) is 30.3 Å². The number of amides is 1. The molecule has 0 unspecified atom stereocenters. The molecule has 0 N–H and O–H groups in total. The quantitative estimate of drug-likeness (QED) is 0.565. The van der Waals surface area contributed by atoms with Crippen molar-refractivity contribution in [1.29, 1.82) is 0 Å². The lowest BCUT2D eigenvalue weighted by molar-refractivity contribution is -0.139. The SMILES string of the molecule is CCc1ccc(OC(=O)[C@H]2CC(=O)N(c3c(CC)cccc3CC)C2)cc1. The molecule has 1 fully saturated rings. The fraction of sp³-hybridized carbons (Fsp3) is 0.391. The van der Waals surface area contributed by atoms with Crippen molar-refractivity contribution in [1.82, 2.24) is 0 Å². The molecule has 4 nitrogen and oxygen atoms in total. The van der Waals surface area contributed by atoms with Crippen LogP contribution >= 0.6 is 0 Å². The zero-order valence-electron chi connectivity index (χ0n) is 16.3. The van der Waals surface area contributed by atoms with Gasteiger partial charge in [-0.25, -0.2) is 0 Å². The molecule has 0 aliphatic carbocycles. The molecular weight excluding hydrogens is 338 g/mol. The fourth-order valence-electron chi connectivity index (χ4n) is 3.64. The lowest BCUT2D eigenvalue weighted by Gasteiger charge is -2.23. The summed E-state index contributed by atoms with van der Waals surface area (Å²) < 4.78 is 5.53. The van der Waals surface area contributed by atoms with Crippen molar-refractivity contribution in [3.05, 3.63) is 59.2 Å². The highest BCUT2D eigenvalue weighted by Gasteiger charge is 2.37. The Hall–Kier alpha value is -2.62. The maximum atomic E-state index is 12.7. The van der Waals surface area contributed by atoms with E-state index in [-0.39, 0.29) is 18.3 Å². The van der Waals surface area contributed by atoms with Crippen molar-refractivity contribution in [2.24, 2.45) is 5.92 Å². The summed E-state index contributed by atoms with van der Waals surface area (Å²) in [5.41, 5.74) is 4.47. The Balaban J connectivity index is 1.76. The first-order valence-electron chi connectivity index (χ1n) is 9.79. The van der Waals surface area contributed by atoms with Gasteiger partial charge in [0, 0.05) is 18.7 Å². The van der Waals surface area contributed by atoms with Gasteiger partial charge in [-0.05, 0) is 48.1 Å². The van der Waals surface area contributed by atoms with Crippen LogP contribution in [-0.2, 0) is 28.9 Å². The molecule has 1 aliphatic rings. The van der Waals surface area contributed by atoms with Gasteiger partial charge in [-0.1, -0.05) is 51.1 Å². The second kappa shape index (κ2) is 8.38. The first kappa shape index (κ1) is 19.2. The second-order valence-corrected chi connectivity index (χ2v) is 6.96. The van der Waals surface area contributed by atoms with E-state index in [0.717, 1.165) is 36.1 Å². The smallest absolute Gasteiger partial charge is 0.316 e. The molecule has 0 spiro atoms. The van der Waals surface area contributed by atoms with Crippen molar-refractivity contribution in [2.75, 3.05) is 11.4 Å². The third-order valence-electron chi connectivity index (χ3n) is 5.24. The lowest BCUT2D eigenvalue weighted by Crippen LogP contribution is -2.29. The van der Waals surface area contributed by atoms with Crippen molar-refractivity contribution in [2.45, 2.75) is 46.5 Å². The number of anilines is 1. The molecule has 0 radical (unpaired) electrons. The van der Waals surface area contributed by atoms with Gasteiger partial charge < -0.3 is 9.64 Å². The largest absolute Gasteiger partial charge is 0.426 e. The standard InChI is InChI=1S/C23H27NO3/c1-4-16-10-12-20(13-11-16)27-23(26)19-14-21(25)24(15-19)22-17(5-2)8-7-9-18(22)6-3/h7-13,19H,4-6,14-15H2,1-3H3/t19-/m0/s1. The van der Waals surface area contributed by atoms with E-state index in [1.54, 1.807) is 4.90 Å². The van der Waals surface area contributed by atoms with Crippen LogP contribution in [0.15, 0.2) is 42.5 Å². The van der Waals surface area contributed by atoms with Crippen molar-refractivity contribution in [3.8, 4) is 5.75 Å². The van der Waals surface area contributed by atoms with E-state index in [2.05, 4.69) is 32.9 Å². The molecule has 0 aromatic heterocycles. The van der Waals surface area contributed by atoms with E-state index in [0.29, 0.717) is 12.3 Å². The van der Waals surface area contributed by atoms with Crippen molar-refractivity contribution >= 4 is 17.6 Å². The van der Waals surface area contributed by atoms with E-state index in [9.17, 15) is 9.59 Å². The fourth-order valence-corrected chi connectivity index (χ4v) is 3.64. The molecule has 27 heavy (non-hydrogen) atoms. The zero-order valence-corrected chi connectivity index (χ0v) is 16.3. The highest BCUT2D eigenvalue weighted by molar-refractivity contribution is 6.00. The number of benzene rings is 2. The summed E-state index contributed by atoms with van der Waals surface area (Å²) in [5, 5.41) is 0. The molecule has 142 valence electrons. The van der Waals surface area contributed by atoms with E-state index < -0.39 is 5.92 Å². The molecule has 2 aromatic carbocycles. The Morgan fingerprint density at radius 2 is 1.63 bits per heavy atom. The second-order valence-electron chi connectivity index (χ2n) is 6.96. The van der Waals surface area contributed by atoms with Gasteiger partial charge in [0.05, 0.1) is 5.92 Å². The number of aryl methyl sites for hydroxylation is 3. The van der Waals surface area contributed by atoms with Crippen LogP contribution in [0.3, 0.4) is 0 Å². The summed E-state index contributed by atoms with van der Waals surface area (Å²) in [5.74, 6) is -0.236. The Labute approximate surface area is 161 Å². The number of hydrogen-bond donors (Lipinski definition) is 0. The van der Waals surface area contributed by atoms with Gasteiger partial charge >= 0.3 is 5.97 Å². The average molecular weight is 365 g/mol. The van der Waals surface area contributed by atoms with Crippen molar-refractivity contribution < 1.29 is 14.3 Å². The summed E-state index contributed by atoms with van der Waals surface area (Å²) in [4.78, 5) is 27.1. The Bertz CT molecular complexity index is 804. The third kappa shape index (κ3) is 4.05. The number of nitrogens with zero attached hydrogens (tertiary/aromatic N) is 1. The summed E-state index contributed by atoms with van der Waals surface area (Å²) in [6.07, 6.45) is 2.85. The minimum absolute atomic E-state index is 0.00567. The van der Waals surface area contributed by atoms with Gasteiger partial charge in [-0.3, -0.25) is 9.59 Å². The van der Waals surface area contributed by atoms with E-state index in [1.165, 1.54) is 5.56 Å². The minimum atomic E-state index is -0.432. The molecule has 1 amide bonds. The maximum absolute atomic E-state index is 12.7. The molecule has 1 atom stereocenters. The number of hydrogen-bond acceptors (Lipinski definition) is 3. The number of para-hydroxylation sites is 1. The maximum Gasteiger partial charge on any atom is 0.316 e. The number of carbonyl (C=O) groups excluding carboxylic acids is 2. The van der Waals surface area contributed by atoms with Gasteiger partial charge in [0.15, 0.2) is 0 Å². The van der Waals surface area contributed by atoms with Gasteiger partial charge in [-0.15, -0.1) is 0 Å². The third-order valence-corrected chi connectivity index (χ3v) is 5.24. The number of carbonyl (C=O) groups is 2. The van der Waals surface area contributed by atoms with Crippen LogP contribution in [0.5, 0.6) is 5.75 Å². The number of esters is 1. The van der Waals surface area contributed by atoms with Crippen LogP contribution in [0.4, 0.5) is 5.69 Å². The summed E-state index contributed by atoms with van der Waals surface area (Å²) in [6, 6.07) is 13.7. The monoisotopic (exact) mass is 365 g/mol. The lowest BCUT2D eigenvalue weighted by atomic mass is 10.0. The molecule has 3 rings (SSSR count). The van der Waals surface area contributed by atoms with Crippen molar-refractivity contribution in [3.63, 3.8) is 0 Å². The van der Waals surface area contributed by atoms with Crippen LogP contribution in [0, 0.1) is 5.92 Å². The van der Waals surface area contributed by atoms with Gasteiger partial charge in [0.2, 0.25) is 5.91 Å². The van der Waals surface area contributed by atoms with Crippen LogP contribution in [0.2, 0.25) is 0 Å². The highest BCUT2D eigenvalue weighted by atomic mass is 16.5. The Kier molecular flexibility index (Phi) is 5.94. The molecule has 2 aromatic rings. The van der Waals surface area contributed by atoms with Crippen LogP contribution in [0.25, 0.3) is 0 Å². The van der Waals surface area contributed by atoms with Crippen LogP contribution in [-0.4, -0.2) is 18.4 Å². The van der Waals surface area contributed by atoms with Crippen LogP contribution in [0.1, 0.15) is 43.9 Å². The molecular formula is C23H27NO3. The summed E-state index contributed by atoms with van der Waals surface area (Å²) in [6.45, 7) is 6.64. The Morgan fingerprint density at radius 3 is 2.19 bits per heavy atom. The van der Waals surface area contributed by atoms with Crippen LogP contribution < -0.4 is 9.64 Å². The minimum Gasteiger partial charge on any atom is -0.426 e. The molecule has 1 aliphatic heterocycles. The molecule has 4 heteroatoms. The zero-order chi connectivity index (χ0) is 19.4. The number of ether oxygens (including phenoxy) is 1. The molecule has 0 saturated carbocycles. The van der Waals surface area contributed by atoms with E-state index in [4.69, 9.17) is 4.74 Å². The first-order valence-corrected chi connectivity index (χ1v) is 9.79. The molecule has 0 bridgehead atoms. The highest BCUT2D eigenvalue weighted by Crippen LogP contribution is 2.33. The average Bonchev–Trinajstić information content (AvgIpc) is 3.09. The topological polar surface area (TPSA) is 46.6 Å². The van der Waals surface area contributed by atoms with E-state index >= 15 is 0 Å². The summed E-state index contributed by atoms with van der Waals surface area (Å²) in [7, 11) is 0. The van der Waals surface area contributed by atoms with Gasteiger partial charge in [0.25, 0.3) is 0 Å². The predicted molar refractivity (Wildman–Crippen MR) is 107 cm³/mol. The first-order chi connectivity index (χ1) is 13.1. The number of rotatable bonds is 6. The van der Waals surface area contributed by atoms with Gasteiger partial charge in [0.1, 0.15) is 5.75 Å².